The monoisotopic (exact) mass is 285 g/mol. The van der Waals surface area contributed by atoms with Crippen molar-refractivity contribution in [3.63, 3.8) is 0 Å². The molecule has 0 fully saturated rings. The molecule has 0 radical (unpaired) electrons. The average Bonchev–Trinajstić information content (AvgIpc) is 2.43. The molecule has 0 aromatic heterocycles. The van der Waals surface area contributed by atoms with Gasteiger partial charge in [-0.3, -0.25) is 0 Å². The normalized spacial score (nSPS) is 10.8. The number of rotatable bonds is 5. The maximum atomic E-state index is 3.43. The Labute approximate surface area is 126 Å². The van der Waals surface area contributed by atoms with Gasteiger partial charge in [-0.25, -0.2) is 0 Å². The van der Waals surface area contributed by atoms with E-state index < -0.39 is 0 Å². The van der Waals surface area contributed by atoms with Crippen LogP contribution in [-0.4, -0.2) is 6.54 Å². The van der Waals surface area contributed by atoms with E-state index in [0.29, 0.717) is 0 Å². The first-order valence-corrected chi connectivity index (χ1v) is 7.97. The molecule has 0 atom stereocenters. The molecule has 0 unspecified atom stereocenters. The van der Waals surface area contributed by atoms with E-state index in [4.69, 9.17) is 0 Å². The third-order valence-corrected chi connectivity index (χ3v) is 4.60. The van der Waals surface area contributed by atoms with Crippen molar-refractivity contribution in [2.75, 3.05) is 6.54 Å². The molecule has 2 rings (SSSR count). The van der Waals surface area contributed by atoms with Gasteiger partial charge in [0, 0.05) is 16.3 Å². The fourth-order valence-electron chi connectivity index (χ4n) is 2.11. The molecule has 2 aromatic carbocycles. The van der Waals surface area contributed by atoms with E-state index in [-0.39, 0.29) is 0 Å². The summed E-state index contributed by atoms with van der Waals surface area (Å²) in [6.07, 6.45) is 0. The number of aryl methyl sites for hydroxylation is 3. The van der Waals surface area contributed by atoms with E-state index in [1.54, 1.807) is 0 Å². The summed E-state index contributed by atoms with van der Waals surface area (Å²) in [4.78, 5) is 2.66. The lowest BCUT2D eigenvalue weighted by Crippen LogP contribution is -2.12. The van der Waals surface area contributed by atoms with Gasteiger partial charge in [-0.05, 0) is 62.2 Å². The summed E-state index contributed by atoms with van der Waals surface area (Å²) in [6.45, 7) is 10.6. The summed E-state index contributed by atoms with van der Waals surface area (Å²) >= 11 is 1.86. The second kappa shape index (κ2) is 6.96. The number of nitrogens with one attached hydrogen (secondary N) is 1. The molecule has 0 spiro atoms. The lowest BCUT2D eigenvalue weighted by molar-refractivity contribution is 0.717. The van der Waals surface area contributed by atoms with E-state index in [0.717, 1.165) is 13.1 Å². The van der Waals surface area contributed by atoms with Gasteiger partial charge in [0.15, 0.2) is 0 Å². The Hall–Kier alpha value is -1.25. The standard InChI is InChI=1S/C18H23NS/c1-5-19-12-16-10-13(2)6-9-18(16)20-17-8-7-14(3)15(4)11-17/h6-11,19H,5,12H2,1-4H3. The molecule has 0 aliphatic rings. The molecule has 0 aliphatic carbocycles. The van der Waals surface area contributed by atoms with Crippen LogP contribution in [0.1, 0.15) is 29.2 Å². The largest absolute Gasteiger partial charge is 0.313 e. The molecule has 2 heteroatoms. The van der Waals surface area contributed by atoms with Crippen molar-refractivity contribution in [1.29, 1.82) is 0 Å². The van der Waals surface area contributed by atoms with Gasteiger partial charge in [0.1, 0.15) is 0 Å². The molecule has 0 amide bonds. The summed E-state index contributed by atoms with van der Waals surface area (Å²) in [5.74, 6) is 0. The van der Waals surface area contributed by atoms with Gasteiger partial charge in [-0.2, -0.15) is 0 Å². The van der Waals surface area contributed by atoms with Crippen LogP contribution < -0.4 is 5.32 Å². The summed E-state index contributed by atoms with van der Waals surface area (Å²) in [5.41, 5.74) is 5.42. The SMILES string of the molecule is CCNCc1cc(C)ccc1Sc1ccc(C)c(C)c1. The van der Waals surface area contributed by atoms with Crippen LogP contribution >= 0.6 is 11.8 Å². The highest BCUT2D eigenvalue weighted by Crippen LogP contribution is 2.32. The van der Waals surface area contributed by atoms with Crippen LogP contribution in [0.5, 0.6) is 0 Å². The lowest BCUT2D eigenvalue weighted by atomic mass is 10.1. The molecule has 2 aromatic rings. The second-order valence-electron chi connectivity index (χ2n) is 5.24. The predicted octanol–water partition coefficient (Wildman–Crippen LogP) is 4.87. The molecule has 1 nitrogen and oxygen atoms in total. The number of hydrogen-bond acceptors (Lipinski definition) is 2. The zero-order chi connectivity index (χ0) is 14.5. The van der Waals surface area contributed by atoms with E-state index in [2.05, 4.69) is 69.4 Å². The van der Waals surface area contributed by atoms with Crippen molar-refractivity contribution >= 4 is 11.8 Å². The first-order chi connectivity index (χ1) is 9.60. The van der Waals surface area contributed by atoms with Crippen LogP contribution in [-0.2, 0) is 6.54 Å². The Morgan fingerprint density at radius 3 is 2.45 bits per heavy atom. The minimum Gasteiger partial charge on any atom is -0.313 e. The topological polar surface area (TPSA) is 12.0 Å². The fourth-order valence-corrected chi connectivity index (χ4v) is 3.13. The third kappa shape index (κ3) is 3.87. The minimum atomic E-state index is 0.936. The Morgan fingerprint density at radius 2 is 1.75 bits per heavy atom. The van der Waals surface area contributed by atoms with Crippen molar-refractivity contribution in [3.05, 3.63) is 58.7 Å². The van der Waals surface area contributed by atoms with Crippen molar-refractivity contribution in [2.24, 2.45) is 0 Å². The zero-order valence-corrected chi connectivity index (χ0v) is 13.6. The van der Waals surface area contributed by atoms with Gasteiger partial charge >= 0.3 is 0 Å². The molecule has 0 saturated heterocycles. The smallest absolute Gasteiger partial charge is 0.0216 e. The van der Waals surface area contributed by atoms with Crippen molar-refractivity contribution < 1.29 is 0 Å². The average molecular weight is 285 g/mol. The zero-order valence-electron chi connectivity index (χ0n) is 12.8. The highest BCUT2D eigenvalue weighted by atomic mass is 32.2. The van der Waals surface area contributed by atoms with E-state index in [9.17, 15) is 0 Å². The van der Waals surface area contributed by atoms with Gasteiger partial charge in [0.25, 0.3) is 0 Å². The highest BCUT2D eigenvalue weighted by molar-refractivity contribution is 7.99. The minimum absolute atomic E-state index is 0.936. The van der Waals surface area contributed by atoms with Crippen LogP contribution in [0.15, 0.2) is 46.2 Å². The summed E-state index contributed by atoms with van der Waals surface area (Å²) in [7, 11) is 0. The van der Waals surface area contributed by atoms with Crippen LogP contribution in [0.3, 0.4) is 0 Å². The van der Waals surface area contributed by atoms with Crippen LogP contribution in [0.2, 0.25) is 0 Å². The van der Waals surface area contributed by atoms with Crippen molar-refractivity contribution in [3.8, 4) is 0 Å². The fraction of sp³-hybridized carbons (Fsp3) is 0.333. The van der Waals surface area contributed by atoms with E-state index >= 15 is 0 Å². The van der Waals surface area contributed by atoms with Crippen LogP contribution in [0.4, 0.5) is 0 Å². The third-order valence-electron chi connectivity index (χ3n) is 3.49. The molecule has 0 saturated carbocycles. The Balaban J connectivity index is 2.25. The van der Waals surface area contributed by atoms with Gasteiger partial charge in [0.2, 0.25) is 0 Å². The number of benzene rings is 2. The first kappa shape index (κ1) is 15.1. The van der Waals surface area contributed by atoms with Gasteiger partial charge in [-0.15, -0.1) is 0 Å². The quantitative estimate of drug-likeness (QED) is 0.841. The molecule has 1 N–H and O–H groups in total. The molecule has 20 heavy (non-hydrogen) atoms. The molecular weight excluding hydrogens is 262 g/mol. The predicted molar refractivity (Wildman–Crippen MR) is 88.6 cm³/mol. The van der Waals surface area contributed by atoms with Gasteiger partial charge in [0.05, 0.1) is 0 Å². The maximum Gasteiger partial charge on any atom is 0.0216 e. The van der Waals surface area contributed by atoms with Gasteiger partial charge in [-0.1, -0.05) is 42.4 Å². The van der Waals surface area contributed by atoms with E-state index in [1.165, 1.54) is 32.0 Å². The summed E-state index contributed by atoms with van der Waals surface area (Å²) in [6, 6.07) is 13.4. The maximum absolute atomic E-state index is 3.43. The Kier molecular flexibility index (Phi) is 5.27. The Bertz CT molecular complexity index is 590. The molecule has 0 aliphatic heterocycles. The number of hydrogen-bond donors (Lipinski definition) is 1. The van der Waals surface area contributed by atoms with Gasteiger partial charge < -0.3 is 5.32 Å². The van der Waals surface area contributed by atoms with E-state index in [1.807, 2.05) is 11.8 Å². The molecular formula is C18H23NS. The van der Waals surface area contributed by atoms with Crippen LogP contribution in [0.25, 0.3) is 0 Å². The molecule has 0 bridgehead atoms. The van der Waals surface area contributed by atoms with Crippen LogP contribution in [0, 0.1) is 20.8 Å². The molecule has 0 heterocycles. The second-order valence-corrected chi connectivity index (χ2v) is 6.35. The first-order valence-electron chi connectivity index (χ1n) is 7.15. The lowest BCUT2D eigenvalue weighted by Gasteiger charge is -2.12. The Morgan fingerprint density at radius 1 is 0.950 bits per heavy atom. The highest BCUT2D eigenvalue weighted by Gasteiger charge is 2.05. The van der Waals surface area contributed by atoms with Crippen molar-refractivity contribution in [2.45, 2.75) is 44.0 Å². The summed E-state index contributed by atoms with van der Waals surface area (Å²) < 4.78 is 0. The molecule has 106 valence electrons. The summed E-state index contributed by atoms with van der Waals surface area (Å²) in [5, 5.41) is 3.43. The van der Waals surface area contributed by atoms with Crippen molar-refractivity contribution in [1.82, 2.24) is 5.32 Å².